The first-order valence-corrected chi connectivity index (χ1v) is 24.2. The number of nitrogens with zero attached hydrogens (tertiary/aromatic N) is 1. The van der Waals surface area contributed by atoms with Gasteiger partial charge in [-0.15, -0.1) is 0 Å². The van der Waals surface area contributed by atoms with Gasteiger partial charge in [-0.25, -0.2) is 0 Å². The van der Waals surface area contributed by atoms with Crippen molar-refractivity contribution in [3.63, 3.8) is 0 Å². The number of esters is 1. The second-order valence-corrected chi connectivity index (χ2v) is 18.0. The first kappa shape index (κ1) is 56.3. The zero-order valence-corrected chi connectivity index (χ0v) is 38.2. The molecule has 0 aromatic heterocycles. The fourth-order valence-corrected chi connectivity index (χ4v) is 6.78. The van der Waals surface area contributed by atoms with Crippen LogP contribution in [0.15, 0.2) is 48.6 Å². The Bertz CT molecular complexity index is 1120. The van der Waals surface area contributed by atoms with Gasteiger partial charge in [0, 0.05) is 13.0 Å². The number of hydrogen-bond acceptors (Lipinski definition) is 10. The molecule has 340 valence electrons. The summed E-state index contributed by atoms with van der Waals surface area (Å²) in [6, 6.07) is 0. The van der Waals surface area contributed by atoms with Crippen molar-refractivity contribution >= 4 is 13.8 Å². The van der Waals surface area contributed by atoms with Crippen LogP contribution in [0.3, 0.4) is 0 Å². The van der Waals surface area contributed by atoms with Gasteiger partial charge in [-0.3, -0.25) is 9.36 Å². The number of hydrogen-bond donors (Lipinski definition) is 3. The minimum absolute atomic E-state index is 0.0184. The highest BCUT2D eigenvalue weighted by Crippen LogP contribution is 2.38. The maximum atomic E-state index is 12.7. The molecule has 0 spiro atoms. The van der Waals surface area contributed by atoms with Crippen LogP contribution < -0.4 is 4.89 Å². The number of phosphoric acid groups is 1. The number of phosphoric ester groups is 1. The van der Waals surface area contributed by atoms with Crippen LogP contribution >= 0.6 is 7.82 Å². The van der Waals surface area contributed by atoms with E-state index in [1.54, 1.807) is 36.5 Å². The van der Waals surface area contributed by atoms with Crippen LogP contribution in [0.25, 0.3) is 0 Å². The first-order valence-electron chi connectivity index (χ1n) is 22.7. The summed E-state index contributed by atoms with van der Waals surface area (Å²) in [5.41, 5.74) is 0. The topological polar surface area (TPSA) is 155 Å². The van der Waals surface area contributed by atoms with Crippen LogP contribution in [0.5, 0.6) is 0 Å². The molecule has 0 aliphatic heterocycles. The standard InChI is InChI=1S/C46H86NO10P/c1-6-8-10-11-12-13-14-15-16-17-18-19-20-23-26-30-38-54-40-43(41-56-58(52,53)55-39-37-47(3,4)5)57-46(51)36-31-35-45(50)44(49)34-29-25-22-21-24-28-33-42(48)32-27-9-7-2/h21-22,24-25,28-29,33-34,42-45,48-50H,6-20,23,26-27,30-32,35-41H2,1-5H3/b24-21+,25-22-,33-28-,34-29-. The SMILES string of the molecule is CCCCCCCCCCCCCCCCCCOCC(COP(=O)([O-])OCC[N+](C)(C)C)OC(=O)CCCC(O)C(O)\C=C/C=C\C=C\C=C/C(O)CCCCC. The fourth-order valence-electron chi connectivity index (χ4n) is 6.05. The summed E-state index contributed by atoms with van der Waals surface area (Å²) < 4.78 is 34.3. The summed E-state index contributed by atoms with van der Waals surface area (Å²) in [5, 5.41) is 30.6. The van der Waals surface area contributed by atoms with Crippen LogP contribution in [0.4, 0.5) is 0 Å². The zero-order chi connectivity index (χ0) is 43.2. The molecule has 0 heterocycles. The van der Waals surface area contributed by atoms with Crippen LogP contribution in [-0.2, 0) is 27.9 Å². The van der Waals surface area contributed by atoms with Crippen molar-refractivity contribution in [1.29, 1.82) is 0 Å². The molecule has 58 heavy (non-hydrogen) atoms. The second-order valence-electron chi connectivity index (χ2n) is 16.6. The van der Waals surface area contributed by atoms with Gasteiger partial charge in [0.1, 0.15) is 19.3 Å². The smallest absolute Gasteiger partial charge is 0.306 e. The molecule has 0 amide bonds. The third-order valence-corrected chi connectivity index (χ3v) is 10.7. The molecule has 0 aromatic rings. The van der Waals surface area contributed by atoms with E-state index in [0.29, 0.717) is 17.6 Å². The Kier molecular flexibility index (Phi) is 37.2. The quantitative estimate of drug-likeness (QED) is 0.0178. The summed E-state index contributed by atoms with van der Waals surface area (Å²) in [5.74, 6) is -0.583. The maximum Gasteiger partial charge on any atom is 0.306 e. The molecule has 0 radical (unpaired) electrons. The highest BCUT2D eigenvalue weighted by molar-refractivity contribution is 7.45. The van der Waals surface area contributed by atoms with Gasteiger partial charge in [-0.05, 0) is 25.7 Å². The van der Waals surface area contributed by atoms with E-state index in [1.165, 1.54) is 89.5 Å². The molecule has 0 bridgehead atoms. The first-order chi connectivity index (χ1) is 27.8. The van der Waals surface area contributed by atoms with Crippen molar-refractivity contribution in [2.24, 2.45) is 0 Å². The number of likely N-dealkylation sites (N-methyl/N-ethyl adjacent to an activating group) is 1. The summed E-state index contributed by atoms with van der Waals surface area (Å²) in [4.78, 5) is 25.1. The lowest BCUT2D eigenvalue weighted by atomic mass is 10.0. The van der Waals surface area contributed by atoms with E-state index in [2.05, 4.69) is 13.8 Å². The van der Waals surface area contributed by atoms with E-state index >= 15 is 0 Å². The summed E-state index contributed by atoms with van der Waals surface area (Å²) in [7, 11) is 1.14. The number of aliphatic hydroxyl groups is 3. The Morgan fingerprint density at radius 1 is 0.621 bits per heavy atom. The molecule has 0 aliphatic rings. The largest absolute Gasteiger partial charge is 0.756 e. The predicted octanol–water partition coefficient (Wildman–Crippen LogP) is 9.44. The number of rotatable bonds is 41. The molecule has 0 saturated heterocycles. The normalized spacial score (nSPS) is 15.8. The fraction of sp³-hybridized carbons (Fsp3) is 0.804. The van der Waals surface area contributed by atoms with Crippen molar-refractivity contribution in [2.45, 2.75) is 186 Å². The van der Waals surface area contributed by atoms with Crippen molar-refractivity contribution < 1.29 is 52.6 Å². The number of quaternary nitrogens is 1. The third-order valence-electron chi connectivity index (χ3n) is 9.75. The van der Waals surface area contributed by atoms with Crippen LogP contribution in [-0.4, -0.2) is 104 Å². The van der Waals surface area contributed by atoms with Gasteiger partial charge in [-0.2, -0.15) is 0 Å². The molecule has 12 heteroatoms. The zero-order valence-electron chi connectivity index (χ0n) is 37.3. The Morgan fingerprint density at radius 2 is 1.12 bits per heavy atom. The molecule has 5 atom stereocenters. The number of ether oxygens (including phenoxy) is 2. The maximum absolute atomic E-state index is 12.7. The number of carbonyl (C=O) groups excluding carboxylic acids is 1. The number of allylic oxidation sites excluding steroid dienone is 6. The van der Waals surface area contributed by atoms with E-state index < -0.39 is 44.8 Å². The molecule has 3 N–H and O–H groups in total. The molecule has 0 rings (SSSR count). The van der Waals surface area contributed by atoms with Crippen molar-refractivity contribution in [1.82, 2.24) is 0 Å². The predicted molar refractivity (Wildman–Crippen MR) is 235 cm³/mol. The minimum Gasteiger partial charge on any atom is -0.756 e. The third kappa shape index (κ3) is 39.8. The van der Waals surface area contributed by atoms with E-state index in [1.807, 2.05) is 27.2 Å². The molecule has 0 fully saturated rings. The van der Waals surface area contributed by atoms with Crippen molar-refractivity contribution in [3.05, 3.63) is 48.6 Å². The lowest BCUT2D eigenvalue weighted by Crippen LogP contribution is -2.37. The van der Waals surface area contributed by atoms with Gasteiger partial charge >= 0.3 is 5.97 Å². The van der Waals surface area contributed by atoms with Gasteiger partial charge in [0.15, 0.2) is 0 Å². The molecular formula is C46H86NO10P. The van der Waals surface area contributed by atoms with Gasteiger partial charge in [0.2, 0.25) is 0 Å². The van der Waals surface area contributed by atoms with Gasteiger partial charge in [-0.1, -0.05) is 178 Å². The van der Waals surface area contributed by atoms with Gasteiger partial charge in [0.25, 0.3) is 7.82 Å². The Balaban J connectivity index is 4.56. The highest BCUT2D eigenvalue weighted by atomic mass is 31.2. The van der Waals surface area contributed by atoms with Gasteiger partial charge in [0.05, 0.1) is 52.7 Å². The molecule has 0 aliphatic carbocycles. The Labute approximate surface area is 354 Å². The monoisotopic (exact) mass is 844 g/mol. The van der Waals surface area contributed by atoms with E-state index in [9.17, 15) is 29.6 Å². The average Bonchev–Trinajstić information content (AvgIpc) is 3.16. The minimum atomic E-state index is -4.62. The Hall–Kier alpha value is -1.66. The molecule has 0 aromatic carbocycles. The molecule has 5 unspecified atom stereocenters. The van der Waals surface area contributed by atoms with Crippen LogP contribution in [0, 0.1) is 0 Å². The number of carbonyl (C=O) groups is 1. The van der Waals surface area contributed by atoms with Gasteiger partial charge < -0.3 is 43.2 Å². The summed E-state index contributed by atoms with van der Waals surface area (Å²) in [6.07, 6.45) is 34.9. The number of aliphatic hydroxyl groups excluding tert-OH is 3. The van der Waals surface area contributed by atoms with Crippen LogP contribution in [0.2, 0.25) is 0 Å². The second kappa shape index (κ2) is 38.3. The molecule has 11 nitrogen and oxygen atoms in total. The lowest BCUT2D eigenvalue weighted by Gasteiger charge is -2.28. The van der Waals surface area contributed by atoms with Crippen molar-refractivity contribution in [2.75, 3.05) is 54.1 Å². The molecule has 0 saturated carbocycles. The number of unbranched alkanes of at least 4 members (excludes halogenated alkanes) is 17. The summed E-state index contributed by atoms with van der Waals surface area (Å²) in [6.45, 7) is 4.83. The molecular weight excluding hydrogens is 757 g/mol. The lowest BCUT2D eigenvalue weighted by molar-refractivity contribution is -0.870. The van der Waals surface area contributed by atoms with E-state index in [4.69, 9.17) is 18.5 Å². The van der Waals surface area contributed by atoms with E-state index in [0.717, 1.165) is 44.9 Å². The Morgan fingerprint density at radius 3 is 1.67 bits per heavy atom. The average molecular weight is 844 g/mol. The summed E-state index contributed by atoms with van der Waals surface area (Å²) >= 11 is 0. The van der Waals surface area contributed by atoms with Crippen molar-refractivity contribution in [3.8, 4) is 0 Å². The highest BCUT2D eigenvalue weighted by Gasteiger charge is 2.21. The van der Waals surface area contributed by atoms with Crippen LogP contribution in [0.1, 0.15) is 162 Å². The van der Waals surface area contributed by atoms with E-state index in [-0.39, 0.29) is 32.5 Å².